The SMILES string of the molecule is C.CC(=O)c1ccc2nc(Br)sc2c1.CC(=O)c1ccc2nc(N3CCC(F)(F)CC3)sc2c1.FC1(F)CCNCC1.O=C(O)c1ccc2nc(N3CCC(F)(F)CC3)sc2c1. The molecule has 3 aliphatic heterocycles. The number of hydrogen-bond donors (Lipinski definition) is 2. The monoisotopic (exact) mass is 986 g/mol. The molecule has 3 aromatic carbocycles. The first kappa shape index (κ1) is 48.8. The predicted molar refractivity (Wildman–Crippen MR) is 240 cm³/mol. The molecule has 6 heterocycles. The van der Waals surface area contributed by atoms with Crippen LogP contribution in [-0.2, 0) is 0 Å². The van der Waals surface area contributed by atoms with Crippen LogP contribution in [0.25, 0.3) is 30.6 Å². The number of carbonyl (C=O) groups is 3. The van der Waals surface area contributed by atoms with E-state index >= 15 is 0 Å². The van der Waals surface area contributed by atoms with Gasteiger partial charge in [-0.3, -0.25) is 9.59 Å². The van der Waals surface area contributed by atoms with Crippen LogP contribution in [0.4, 0.5) is 36.6 Å². The minimum atomic E-state index is -2.58. The highest BCUT2D eigenvalue weighted by Crippen LogP contribution is 2.36. The fourth-order valence-electron chi connectivity index (χ4n) is 6.41. The molecule has 3 saturated heterocycles. The van der Waals surface area contributed by atoms with E-state index in [0.29, 0.717) is 42.4 Å². The molecule has 0 amide bonds. The van der Waals surface area contributed by atoms with Gasteiger partial charge in [0.2, 0.25) is 0 Å². The first-order chi connectivity index (χ1) is 28.8. The lowest BCUT2D eigenvalue weighted by Gasteiger charge is -2.31. The lowest BCUT2D eigenvalue weighted by atomic mass is 10.1. The van der Waals surface area contributed by atoms with Crippen molar-refractivity contribution in [3.05, 3.63) is 75.2 Å². The normalized spacial score (nSPS) is 17.7. The summed E-state index contributed by atoms with van der Waals surface area (Å²) in [7, 11) is 0. The van der Waals surface area contributed by atoms with Crippen molar-refractivity contribution in [2.45, 2.75) is 77.6 Å². The third-order valence-electron chi connectivity index (χ3n) is 10.0. The Hall–Kier alpha value is -4.24. The maximum absolute atomic E-state index is 13.2. The second-order valence-electron chi connectivity index (χ2n) is 14.7. The molecule has 9 rings (SSSR count). The molecule has 0 unspecified atom stereocenters. The van der Waals surface area contributed by atoms with Gasteiger partial charge in [-0.15, -0.1) is 11.3 Å². The number of piperidine rings is 3. The number of Topliss-reactive ketones (excluding diaryl/α,β-unsaturated/α-hetero) is 2. The number of hydrogen-bond acceptors (Lipinski definition) is 12. The molecular weight excluding hydrogens is 943 g/mol. The van der Waals surface area contributed by atoms with Crippen molar-refractivity contribution < 1.29 is 45.8 Å². The van der Waals surface area contributed by atoms with Crippen molar-refractivity contribution in [2.24, 2.45) is 0 Å². The average molecular weight is 988 g/mol. The van der Waals surface area contributed by atoms with Crippen LogP contribution in [-0.4, -0.2) is 94.6 Å². The number of benzene rings is 3. The highest BCUT2D eigenvalue weighted by molar-refractivity contribution is 9.11. The van der Waals surface area contributed by atoms with Crippen molar-refractivity contribution in [1.29, 1.82) is 0 Å². The van der Waals surface area contributed by atoms with Crippen molar-refractivity contribution in [2.75, 3.05) is 49.1 Å². The topological polar surface area (TPSA) is 129 Å². The summed E-state index contributed by atoms with van der Waals surface area (Å²) in [6.07, 6.45) is -0.560. The molecule has 3 fully saturated rings. The largest absolute Gasteiger partial charge is 0.478 e. The first-order valence-corrected chi connectivity index (χ1v) is 22.5. The zero-order valence-electron chi connectivity index (χ0n) is 33.0. The molecule has 3 aliphatic rings. The highest BCUT2D eigenvalue weighted by atomic mass is 79.9. The summed E-state index contributed by atoms with van der Waals surface area (Å²) in [6, 6.07) is 15.6. The van der Waals surface area contributed by atoms with Crippen LogP contribution in [0, 0.1) is 0 Å². The standard InChI is InChI=1S/C14H14F2N2OS.C13H12F2N2O2S.C9H6BrNOS.C5H9F2N.CH4/c1-9(19)10-2-3-11-12(8-10)20-13(17-11)18-6-4-14(15,16)5-7-18;14-13(15)3-5-17(6-4-13)12-16-9-2-1-8(11(18)19)7-10(9)20-12;1-5(12)6-2-3-7-8(4-6)13-9(10)11-7;6-5(7)1-3-8-4-2-5;/h2-3,8H,4-7H2,1H3;1-2,7H,3-6H2,(H,18,19);2-4H,1H3;8H,1-4H2;1H4. The number of rotatable bonds is 5. The van der Waals surface area contributed by atoms with Gasteiger partial charge in [-0.2, -0.15) is 0 Å². The van der Waals surface area contributed by atoms with E-state index in [9.17, 15) is 40.7 Å². The number of nitrogens with one attached hydrogen (secondary N) is 1. The molecule has 334 valence electrons. The number of carbonyl (C=O) groups excluding carboxylic acids is 2. The number of carboxylic acids is 1. The number of fused-ring (bicyclic) bond motifs is 3. The summed E-state index contributed by atoms with van der Waals surface area (Å²) in [4.78, 5) is 50.2. The Balaban J connectivity index is 0.000000163. The quantitative estimate of drug-likeness (QED) is 0.127. The van der Waals surface area contributed by atoms with Crippen molar-refractivity contribution in [3.63, 3.8) is 0 Å². The van der Waals surface area contributed by atoms with Crippen LogP contribution >= 0.6 is 49.9 Å². The Bertz CT molecular complexity index is 2390. The third-order valence-corrected chi connectivity index (χ3v) is 13.7. The molecule has 10 nitrogen and oxygen atoms in total. The van der Waals surface area contributed by atoms with Gasteiger partial charge in [0.1, 0.15) is 0 Å². The number of nitrogens with zero attached hydrogens (tertiary/aromatic N) is 5. The number of aromatic nitrogens is 3. The minimum Gasteiger partial charge on any atom is -0.478 e. The summed E-state index contributed by atoms with van der Waals surface area (Å²) in [5, 5.41) is 13.2. The second-order valence-corrected chi connectivity index (χ2v) is 19.0. The van der Waals surface area contributed by atoms with E-state index in [4.69, 9.17) is 5.11 Å². The van der Waals surface area contributed by atoms with E-state index in [1.165, 1.54) is 47.0 Å². The van der Waals surface area contributed by atoms with Gasteiger partial charge in [-0.25, -0.2) is 46.1 Å². The first-order valence-electron chi connectivity index (χ1n) is 19.2. The average Bonchev–Trinajstić information content (AvgIpc) is 3.93. The lowest BCUT2D eigenvalue weighted by molar-refractivity contribution is -0.0275. The summed E-state index contributed by atoms with van der Waals surface area (Å²) in [6.45, 7) is 5.23. The fourth-order valence-corrected chi connectivity index (χ4v) is 9.96. The molecule has 3 aromatic heterocycles. The molecule has 0 saturated carbocycles. The Morgan fingerprint density at radius 3 is 1.32 bits per heavy atom. The fraction of sp³-hybridized carbons (Fsp3) is 0.429. The highest BCUT2D eigenvalue weighted by Gasteiger charge is 2.36. The van der Waals surface area contributed by atoms with E-state index in [-0.39, 0.29) is 76.2 Å². The predicted octanol–water partition coefficient (Wildman–Crippen LogP) is 11.9. The number of halogens is 7. The maximum atomic E-state index is 13.2. The van der Waals surface area contributed by atoms with E-state index in [1.807, 2.05) is 34.1 Å². The van der Waals surface area contributed by atoms with Gasteiger partial charge in [-0.05, 0) is 84.4 Å². The number of alkyl halides is 6. The van der Waals surface area contributed by atoms with Crippen LogP contribution < -0.4 is 15.1 Å². The molecule has 0 bridgehead atoms. The number of thiazole rings is 3. The summed E-state index contributed by atoms with van der Waals surface area (Å²) < 4.78 is 80.5. The molecular formula is C42H45BrF6N6O4S3. The number of anilines is 2. The second kappa shape index (κ2) is 20.5. The Kier molecular flexibility index (Phi) is 16.1. The summed E-state index contributed by atoms with van der Waals surface area (Å²) in [5.41, 5.74) is 4.04. The molecule has 0 atom stereocenters. The zero-order valence-corrected chi connectivity index (χ0v) is 37.0. The number of ketones is 2. The van der Waals surface area contributed by atoms with Gasteiger partial charge >= 0.3 is 5.97 Å². The Morgan fingerprint density at radius 2 is 0.952 bits per heavy atom. The molecule has 0 aliphatic carbocycles. The van der Waals surface area contributed by atoms with Crippen LogP contribution in [0.2, 0.25) is 0 Å². The van der Waals surface area contributed by atoms with Gasteiger partial charge < -0.3 is 20.2 Å². The Morgan fingerprint density at radius 1 is 0.597 bits per heavy atom. The van der Waals surface area contributed by atoms with Crippen LogP contribution in [0.3, 0.4) is 0 Å². The van der Waals surface area contributed by atoms with E-state index < -0.39 is 23.7 Å². The molecule has 20 heteroatoms. The molecule has 62 heavy (non-hydrogen) atoms. The van der Waals surface area contributed by atoms with Crippen molar-refractivity contribution in [3.8, 4) is 0 Å². The Labute approximate surface area is 374 Å². The van der Waals surface area contributed by atoms with Gasteiger partial charge in [0.15, 0.2) is 25.7 Å². The van der Waals surface area contributed by atoms with Crippen molar-refractivity contribution >= 4 is 108 Å². The van der Waals surface area contributed by atoms with Crippen LogP contribution in [0.15, 0.2) is 58.5 Å². The lowest BCUT2D eigenvalue weighted by Crippen LogP contribution is -2.39. The molecule has 0 spiro atoms. The van der Waals surface area contributed by atoms with Crippen LogP contribution in [0.5, 0.6) is 0 Å². The minimum absolute atomic E-state index is 0. The van der Waals surface area contributed by atoms with E-state index in [2.05, 4.69) is 36.2 Å². The van der Waals surface area contributed by atoms with Crippen molar-refractivity contribution in [1.82, 2.24) is 20.3 Å². The maximum Gasteiger partial charge on any atom is 0.335 e. The summed E-state index contributed by atoms with van der Waals surface area (Å²) >= 11 is 7.64. The number of carboxylic acid groups (broad SMARTS) is 1. The van der Waals surface area contributed by atoms with E-state index in [1.54, 1.807) is 31.2 Å². The van der Waals surface area contributed by atoms with Gasteiger partial charge in [-0.1, -0.05) is 30.1 Å². The number of aromatic carboxylic acids is 1. The third kappa shape index (κ3) is 13.2. The molecule has 0 radical (unpaired) electrons. The molecule has 2 N–H and O–H groups in total. The summed E-state index contributed by atoms with van der Waals surface area (Å²) in [5.74, 6) is -8.39. The van der Waals surface area contributed by atoms with Gasteiger partial charge in [0, 0.05) is 88.9 Å². The van der Waals surface area contributed by atoms with Gasteiger partial charge in [0.25, 0.3) is 17.8 Å². The van der Waals surface area contributed by atoms with Gasteiger partial charge in [0.05, 0.1) is 36.2 Å². The smallest absolute Gasteiger partial charge is 0.335 e. The zero-order chi connectivity index (χ0) is 44.1. The van der Waals surface area contributed by atoms with Crippen LogP contribution in [0.1, 0.15) is 90.9 Å². The van der Waals surface area contributed by atoms with E-state index in [0.717, 1.165) is 39.7 Å². The molecule has 6 aromatic rings.